The zero-order valence-electron chi connectivity index (χ0n) is 21.2. The monoisotopic (exact) mass is 521 g/mol. The number of benzene rings is 2. The fourth-order valence-electron chi connectivity index (χ4n) is 3.88. The zero-order chi connectivity index (χ0) is 26.2. The van der Waals surface area contributed by atoms with E-state index < -0.39 is 28.5 Å². The first-order valence-corrected chi connectivity index (χ1v) is 14.1. The molecule has 0 aromatic heterocycles. The number of carbonyl (C=O) groups excluding carboxylic acids is 2. The Balaban J connectivity index is 2.45. The van der Waals surface area contributed by atoms with E-state index in [9.17, 15) is 18.0 Å². The van der Waals surface area contributed by atoms with Crippen molar-refractivity contribution in [3.8, 4) is 0 Å². The number of nitrogens with one attached hydrogen (secondary N) is 1. The minimum atomic E-state index is -3.81. The van der Waals surface area contributed by atoms with Crippen LogP contribution in [0.15, 0.2) is 42.5 Å². The molecule has 0 aliphatic carbocycles. The topological polar surface area (TPSA) is 86.8 Å². The van der Waals surface area contributed by atoms with Crippen LogP contribution in [0.5, 0.6) is 0 Å². The van der Waals surface area contributed by atoms with E-state index in [4.69, 9.17) is 11.6 Å². The van der Waals surface area contributed by atoms with Crippen molar-refractivity contribution in [2.75, 3.05) is 23.7 Å². The van der Waals surface area contributed by atoms with Gasteiger partial charge >= 0.3 is 0 Å². The first-order valence-electron chi connectivity index (χ1n) is 11.8. The first kappa shape index (κ1) is 28.7. The van der Waals surface area contributed by atoms with Gasteiger partial charge in [0.1, 0.15) is 12.6 Å². The highest BCUT2D eigenvalue weighted by molar-refractivity contribution is 7.92. The van der Waals surface area contributed by atoms with E-state index in [0.29, 0.717) is 29.2 Å². The van der Waals surface area contributed by atoms with E-state index in [0.717, 1.165) is 34.5 Å². The molecule has 2 amide bonds. The molecule has 2 aromatic rings. The number of rotatable bonds is 12. The third kappa shape index (κ3) is 8.25. The minimum Gasteiger partial charge on any atom is -0.354 e. The van der Waals surface area contributed by atoms with E-state index in [1.54, 1.807) is 19.1 Å². The number of halogens is 1. The fourth-order valence-corrected chi connectivity index (χ4v) is 4.94. The number of amides is 2. The molecule has 192 valence electrons. The van der Waals surface area contributed by atoms with E-state index in [1.165, 1.54) is 11.0 Å². The Hall–Kier alpha value is -2.58. The average molecular weight is 522 g/mol. The number of nitrogens with zero attached hydrogens (tertiary/aromatic N) is 2. The molecular weight excluding hydrogens is 486 g/mol. The van der Waals surface area contributed by atoms with Gasteiger partial charge in [-0.1, -0.05) is 67.8 Å². The maximum atomic E-state index is 13.7. The largest absolute Gasteiger partial charge is 0.354 e. The van der Waals surface area contributed by atoms with Crippen LogP contribution in [-0.4, -0.2) is 50.5 Å². The standard InChI is InChI=1S/C26H36ClN3O4S/c1-6-8-14-28-26(32)23(7-2)29(17-21-11-9-10-19(3)15-21)25(31)18-30(35(5,33)34)24-16-22(27)13-12-20(24)4/h9-13,15-16,23H,6-8,14,17-18H2,1-5H3,(H,28,32). The summed E-state index contributed by atoms with van der Waals surface area (Å²) in [4.78, 5) is 28.2. The fraction of sp³-hybridized carbons (Fsp3) is 0.462. The summed E-state index contributed by atoms with van der Waals surface area (Å²) in [7, 11) is -3.81. The lowest BCUT2D eigenvalue weighted by Gasteiger charge is -2.33. The van der Waals surface area contributed by atoms with Gasteiger partial charge in [-0.3, -0.25) is 13.9 Å². The van der Waals surface area contributed by atoms with Crippen LogP contribution >= 0.6 is 11.6 Å². The van der Waals surface area contributed by atoms with Gasteiger partial charge in [-0.05, 0) is 49.9 Å². The second-order valence-corrected chi connectivity index (χ2v) is 11.1. The molecule has 0 spiro atoms. The van der Waals surface area contributed by atoms with Crippen molar-refractivity contribution in [3.63, 3.8) is 0 Å². The van der Waals surface area contributed by atoms with Crippen LogP contribution in [0.4, 0.5) is 5.69 Å². The number of hydrogen-bond donors (Lipinski definition) is 1. The molecule has 0 saturated carbocycles. The molecule has 9 heteroatoms. The molecule has 1 unspecified atom stereocenters. The highest BCUT2D eigenvalue weighted by Gasteiger charge is 2.32. The van der Waals surface area contributed by atoms with Crippen molar-refractivity contribution in [1.29, 1.82) is 0 Å². The third-order valence-electron chi connectivity index (χ3n) is 5.77. The molecule has 0 aliphatic heterocycles. The molecule has 35 heavy (non-hydrogen) atoms. The highest BCUT2D eigenvalue weighted by atomic mass is 35.5. The molecule has 0 saturated heterocycles. The summed E-state index contributed by atoms with van der Waals surface area (Å²) in [5, 5.41) is 3.28. The summed E-state index contributed by atoms with van der Waals surface area (Å²) in [6, 6.07) is 11.9. The average Bonchev–Trinajstić information content (AvgIpc) is 2.78. The normalized spacial score (nSPS) is 12.2. The summed E-state index contributed by atoms with van der Waals surface area (Å²) >= 11 is 6.14. The van der Waals surface area contributed by atoms with Crippen molar-refractivity contribution < 1.29 is 18.0 Å². The van der Waals surface area contributed by atoms with Gasteiger partial charge in [0.2, 0.25) is 21.8 Å². The van der Waals surface area contributed by atoms with E-state index in [2.05, 4.69) is 5.32 Å². The lowest BCUT2D eigenvalue weighted by molar-refractivity contribution is -0.140. The van der Waals surface area contributed by atoms with Gasteiger partial charge in [-0.15, -0.1) is 0 Å². The predicted molar refractivity (Wildman–Crippen MR) is 142 cm³/mol. The van der Waals surface area contributed by atoms with E-state index in [-0.39, 0.29) is 12.5 Å². The van der Waals surface area contributed by atoms with Crippen LogP contribution in [0.25, 0.3) is 0 Å². The second kappa shape index (κ2) is 12.9. The van der Waals surface area contributed by atoms with E-state index in [1.807, 2.05) is 45.0 Å². The van der Waals surface area contributed by atoms with Crippen LogP contribution in [0.1, 0.15) is 49.8 Å². The Morgan fingerprint density at radius 2 is 1.80 bits per heavy atom. The molecule has 1 N–H and O–H groups in total. The number of anilines is 1. The van der Waals surface area contributed by atoms with Crippen molar-refractivity contribution in [1.82, 2.24) is 10.2 Å². The van der Waals surface area contributed by atoms with Crippen molar-refractivity contribution in [2.24, 2.45) is 0 Å². The number of unbranched alkanes of at least 4 members (excludes halogenated alkanes) is 1. The lowest BCUT2D eigenvalue weighted by atomic mass is 10.1. The predicted octanol–water partition coefficient (Wildman–Crippen LogP) is 4.45. The number of carbonyl (C=O) groups is 2. The molecule has 2 rings (SSSR count). The minimum absolute atomic E-state index is 0.187. The van der Waals surface area contributed by atoms with Crippen LogP contribution in [0, 0.1) is 13.8 Å². The number of hydrogen-bond acceptors (Lipinski definition) is 4. The molecular formula is C26H36ClN3O4S. The van der Waals surface area contributed by atoms with Gasteiger partial charge in [-0.2, -0.15) is 0 Å². The van der Waals surface area contributed by atoms with Gasteiger partial charge in [0, 0.05) is 18.1 Å². The molecule has 1 atom stereocenters. The summed E-state index contributed by atoms with van der Waals surface area (Å²) in [5.41, 5.74) is 2.90. The van der Waals surface area contributed by atoms with Crippen molar-refractivity contribution >= 4 is 39.1 Å². The summed E-state index contributed by atoms with van der Waals surface area (Å²) in [6.07, 6.45) is 3.22. The zero-order valence-corrected chi connectivity index (χ0v) is 22.7. The summed E-state index contributed by atoms with van der Waals surface area (Å²) in [5.74, 6) is -0.708. The summed E-state index contributed by atoms with van der Waals surface area (Å²) in [6.45, 7) is 7.86. The van der Waals surface area contributed by atoms with Crippen LogP contribution in [0.3, 0.4) is 0 Å². The Morgan fingerprint density at radius 3 is 2.40 bits per heavy atom. The maximum Gasteiger partial charge on any atom is 0.244 e. The maximum absolute atomic E-state index is 13.7. The molecule has 0 aliphatic rings. The van der Waals surface area contributed by atoms with Crippen LogP contribution < -0.4 is 9.62 Å². The quantitative estimate of drug-likeness (QED) is 0.418. The smallest absolute Gasteiger partial charge is 0.244 e. The molecule has 0 bridgehead atoms. The van der Waals surface area contributed by atoms with Gasteiger partial charge < -0.3 is 10.2 Å². The summed E-state index contributed by atoms with van der Waals surface area (Å²) < 4.78 is 26.5. The van der Waals surface area contributed by atoms with Gasteiger partial charge in [0.25, 0.3) is 0 Å². The molecule has 0 fully saturated rings. The molecule has 2 aromatic carbocycles. The SMILES string of the molecule is CCCCNC(=O)C(CC)N(Cc1cccc(C)c1)C(=O)CN(c1cc(Cl)ccc1C)S(C)(=O)=O. The van der Waals surface area contributed by atoms with Crippen molar-refractivity contribution in [2.45, 2.75) is 59.5 Å². The van der Waals surface area contributed by atoms with Crippen molar-refractivity contribution in [3.05, 3.63) is 64.2 Å². The highest BCUT2D eigenvalue weighted by Crippen LogP contribution is 2.27. The Bertz CT molecular complexity index is 1140. The first-order chi connectivity index (χ1) is 16.5. The van der Waals surface area contributed by atoms with Gasteiger partial charge in [0.05, 0.1) is 11.9 Å². The van der Waals surface area contributed by atoms with Crippen LogP contribution in [0.2, 0.25) is 5.02 Å². The molecule has 7 nitrogen and oxygen atoms in total. The van der Waals surface area contributed by atoms with Gasteiger partial charge in [0.15, 0.2) is 0 Å². The molecule has 0 heterocycles. The second-order valence-electron chi connectivity index (χ2n) is 8.78. The number of aryl methyl sites for hydroxylation is 2. The Labute approximate surface area is 214 Å². The van der Waals surface area contributed by atoms with Crippen LogP contribution in [-0.2, 0) is 26.2 Å². The third-order valence-corrected chi connectivity index (χ3v) is 7.13. The Morgan fingerprint density at radius 1 is 1.09 bits per heavy atom. The number of sulfonamides is 1. The Kier molecular flexibility index (Phi) is 10.6. The lowest BCUT2D eigenvalue weighted by Crippen LogP contribution is -2.52. The van der Waals surface area contributed by atoms with Gasteiger partial charge in [-0.25, -0.2) is 8.42 Å². The van der Waals surface area contributed by atoms with E-state index >= 15 is 0 Å². The molecule has 0 radical (unpaired) electrons.